The van der Waals surface area contributed by atoms with E-state index in [2.05, 4.69) is 26.5 Å². The molecule has 4 nitrogen and oxygen atoms in total. The van der Waals surface area contributed by atoms with Gasteiger partial charge in [-0.05, 0) is 60.9 Å². The van der Waals surface area contributed by atoms with Crippen molar-refractivity contribution in [3.05, 3.63) is 69.7 Å². The minimum absolute atomic E-state index is 0.0731. The molecule has 1 N–H and O–H groups in total. The lowest BCUT2D eigenvalue weighted by atomic mass is 10.1. The number of amides is 1. The largest absolute Gasteiger partial charge is 0.484 e. The zero-order valence-corrected chi connectivity index (χ0v) is 15.2. The molecule has 0 saturated carbocycles. The highest BCUT2D eigenvalue weighted by Gasteiger charge is 2.02. The minimum atomic E-state index is -0.304. The third-order valence-corrected chi connectivity index (χ3v) is 3.89. The molecule has 2 aromatic carbocycles. The van der Waals surface area contributed by atoms with Crippen molar-refractivity contribution in [2.24, 2.45) is 5.10 Å². The van der Waals surface area contributed by atoms with Gasteiger partial charge in [0.1, 0.15) is 5.75 Å². The molecule has 0 heterocycles. The molecule has 0 aliphatic heterocycles. The summed E-state index contributed by atoms with van der Waals surface area (Å²) in [6.45, 7) is 3.96. The molecule has 24 heavy (non-hydrogen) atoms. The monoisotopic (exact) mass is 386 g/mol. The van der Waals surface area contributed by atoms with E-state index in [9.17, 15) is 4.79 Å². The molecule has 0 aromatic heterocycles. The Morgan fingerprint density at radius 2 is 1.92 bits per heavy atom. The van der Waals surface area contributed by atoms with E-state index in [4.69, 9.17) is 4.74 Å². The number of hydrogen-bond donors (Lipinski definition) is 1. The van der Waals surface area contributed by atoms with Crippen LogP contribution >= 0.6 is 15.9 Å². The zero-order valence-electron chi connectivity index (χ0n) is 13.6. The van der Waals surface area contributed by atoms with Gasteiger partial charge in [0.2, 0.25) is 0 Å². The summed E-state index contributed by atoms with van der Waals surface area (Å²) in [6, 6.07) is 13.6. The summed E-state index contributed by atoms with van der Waals surface area (Å²) in [5.41, 5.74) is 5.79. The van der Waals surface area contributed by atoms with E-state index < -0.39 is 0 Å². The maximum atomic E-state index is 11.7. The normalized spacial score (nSPS) is 11.1. The van der Waals surface area contributed by atoms with E-state index >= 15 is 0 Å². The SMILES string of the molecule is Cc1ccc(OCC(=O)NN=CC=Cc2ccc(Br)cc2)cc1C. The molecule has 2 aromatic rings. The van der Waals surface area contributed by atoms with Crippen LogP contribution in [0.2, 0.25) is 0 Å². The van der Waals surface area contributed by atoms with Crippen molar-refractivity contribution in [1.29, 1.82) is 0 Å². The van der Waals surface area contributed by atoms with Gasteiger partial charge in [-0.15, -0.1) is 0 Å². The van der Waals surface area contributed by atoms with Crippen LogP contribution in [0, 0.1) is 13.8 Å². The zero-order chi connectivity index (χ0) is 17.4. The quantitative estimate of drug-likeness (QED) is 0.595. The number of hydrogen-bond acceptors (Lipinski definition) is 3. The Kier molecular flexibility index (Phi) is 6.75. The van der Waals surface area contributed by atoms with E-state index in [1.165, 1.54) is 11.8 Å². The number of nitrogens with zero attached hydrogens (tertiary/aromatic N) is 1. The molecule has 0 fully saturated rings. The first-order chi connectivity index (χ1) is 11.5. The Hall–Kier alpha value is -2.40. The summed E-state index contributed by atoms with van der Waals surface area (Å²) in [6.07, 6.45) is 5.18. The fourth-order valence-corrected chi connectivity index (χ4v) is 2.13. The van der Waals surface area contributed by atoms with Crippen molar-refractivity contribution in [2.75, 3.05) is 6.61 Å². The number of carbonyl (C=O) groups excluding carboxylic acids is 1. The van der Waals surface area contributed by atoms with Crippen LogP contribution in [0.3, 0.4) is 0 Å². The molecule has 0 aliphatic rings. The van der Waals surface area contributed by atoms with Crippen LogP contribution < -0.4 is 10.2 Å². The highest BCUT2D eigenvalue weighted by Crippen LogP contribution is 2.16. The van der Waals surface area contributed by atoms with Crippen molar-refractivity contribution < 1.29 is 9.53 Å². The molecule has 0 unspecified atom stereocenters. The Bertz CT molecular complexity index is 752. The molecule has 0 radical (unpaired) electrons. The van der Waals surface area contributed by atoms with Gasteiger partial charge >= 0.3 is 0 Å². The highest BCUT2D eigenvalue weighted by molar-refractivity contribution is 9.10. The van der Waals surface area contributed by atoms with Gasteiger partial charge in [-0.2, -0.15) is 5.10 Å². The Balaban J connectivity index is 1.74. The van der Waals surface area contributed by atoms with Crippen molar-refractivity contribution >= 4 is 34.1 Å². The van der Waals surface area contributed by atoms with Gasteiger partial charge in [0.25, 0.3) is 5.91 Å². The molecule has 124 valence electrons. The van der Waals surface area contributed by atoms with Crippen LogP contribution in [-0.4, -0.2) is 18.7 Å². The summed E-state index contributed by atoms with van der Waals surface area (Å²) in [7, 11) is 0. The van der Waals surface area contributed by atoms with Crippen molar-refractivity contribution in [2.45, 2.75) is 13.8 Å². The van der Waals surface area contributed by atoms with Gasteiger partial charge in [0.05, 0.1) is 0 Å². The van der Waals surface area contributed by atoms with Crippen LogP contribution in [-0.2, 0) is 4.79 Å². The fraction of sp³-hybridized carbons (Fsp3) is 0.158. The molecular formula is C19H19BrN2O2. The number of hydrazone groups is 1. The maximum absolute atomic E-state index is 11.7. The third kappa shape index (κ3) is 6.01. The average molecular weight is 387 g/mol. The summed E-state index contributed by atoms with van der Waals surface area (Å²) in [4.78, 5) is 11.7. The maximum Gasteiger partial charge on any atom is 0.277 e. The van der Waals surface area contributed by atoms with E-state index in [1.54, 1.807) is 6.08 Å². The van der Waals surface area contributed by atoms with Crippen molar-refractivity contribution in [3.8, 4) is 5.75 Å². The van der Waals surface area contributed by atoms with Crippen molar-refractivity contribution in [1.82, 2.24) is 5.43 Å². The second-order valence-corrected chi connectivity index (χ2v) is 6.17. The minimum Gasteiger partial charge on any atom is -0.484 e. The van der Waals surface area contributed by atoms with Crippen LogP contribution in [0.25, 0.3) is 6.08 Å². The predicted octanol–water partition coefficient (Wildman–Crippen LogP) is 4.26. The summed E-state index contributed by atoms with van der Waals surface area (Å²) < 4.78 is 6.46. The summed E-state index contributed by atoms with van der Waals surface area (Å²) >= 11 is 3.38. The average Bonchev–Trinajstić information content (AvgIpc) is 2.57. The second-order valence-electron chi connectivity index (χ2n) is 5.26. The Morgan fingerprint density at radius 1 is 1.17 bits per heavy atom. The van der Waals surface area contributed by atoms with Gasteiger partial charge in [-0.3, -0.25) is 4.79 Å². The number of rotatable bonds is 6. The van der Waals surface area contributed by atoms with Crippen LogP contribution in [0.4, 0.5) is 0 Å². The van der Waals surface area contributed by atoms with E-state index in [0.29, 0.717) is 5.75 Å². The van der Waals surface area contributed by atoms with Crippen molar-refractivity contribution in [3.63, 3.8) is 0 Å². The molecule has 2 rings (SSSR count). The highest BCUT2D eigenvalue weighted by atomic mass is 79.9. The Morgan fingerprint density at radius 3 is 2.62 bits per heavy atom. The number of allylic oxidation sites excluding steroid dienone is 1. The Labute approximate surface area is 150 Å². The summed E-state index contributed by atoms with van der Waals surface area (Å²) in [5, 5.41) is 3.85. The number of halogens is 1. The number of aryl methyl sites for hydroxylation is 2. The molecule has 0 bridgehead atoms. The molecule has 0 saturated heterocycles. The van der Waals surface area contributed by atoms with Gasteiger partial charge in [-0.25, -0.2) is 5.43 Å². The van der Waals surface area contributed by atoms with Gasteiger partial charge in [0, 0.05) is 10.7 Å². The standard InChI is InChI=1S/C19H19BrN2O2/c1-14-5-10-18(12-15(14)2)24-13-19(23)22-21-11-3-4-16-6-8-17(20)9-7-16/h3-12H,13H2,1-2H3,(H,22,23). The lowest BCUT2D eigenvalue weighted by molar-refractivity contribution is -0.123. The topological polar surface area (TPSA) is 50.7 Å². The number of nitrogens with one attached hydrogen (secondary N) is 1. The van der Waals surface area contributed by atoms with Crippen LogP contribution in [0.5, 0.6) is 5.75 Å². The van der Waals surface area contributed by atoms with E-state index in [0.717, 1.165) is 15.6 Å². The molecule has 5 heteroatoms. The van der Waals surface area contributed by atoms with Crippen LogP contribution in [0.15, 0.2) is 58.1 Å². The van der Waals surface area contributed by atoms with Gasteiger partial charge in [-0.1, -0.05) is 40.2 Å². The van der Waals surface area contributed by atoms with E-state index in [1.807, 2.05) is 62.4 Å². The predicted molar refractivity (Wildman–Crippen MR) is 101 cm³/mol. The summed E-state index contributed by atoms with van der Waals surface area (Å²) in [5.74, 6) is 0.369. The first-order valence-corrected chi connectivity index (χ1v) is 8.28. The molecular weight excluding hydrogens is 368 g/mol. The fourth-order valence-electron chi connectivity index (χ4n) is 1.87. The first kappa shape index (κ1) is 17.9. The molecule has 0 aliphatic carbocycles. The van der Waals surface area contributed by atoms with E-state index in [-0.39, 0.29) is 12.5 Å². The molecule has 0 atom stereocenters. The first-order valence-electron chi connectivity index (χ1n) is 7.49. The lowest BCUT2D eigenvalue weighted by Crippen LogP contribution is -2.24. The smallest absolute Gasteiger partial charge is 0.277 e. The lowest BCUT2D eigenvalue weighted by Gasteiger charge is -2.07. The molecule has 1 amide bonds. The number of benzene rings is 2. The van der Waals surface area contributed by atoms with Gasteiger partial charge in [0.15, 0.2) is 6.61 Å². The van der Waals surface area contributed by atoms with Gasteiger partial charge < -0.3 is 4.74 Å². The number of ether oxygens (including phenoxy) is 1. The third-order valence-electron chi connectivity index (χ3n) is 3.36. The number of carbonyl (C=O) groups is 1. The molecule has 0 spiro atoms. The second kappa shape index (κ2) is 9.03. The van der Waals surface area contributed by atoms with Crippen LogP contribution in [0.1, 0.15) is 16.7 Å².